The molecule has 0 aromatic rings. The van der Waals surface area contributed by atoms with Gasteiger partial charge in [-0.3, -0.25) is 4.55 Å². The Labute approximate surface area is 57.1 Å². The van der Waals surface area contributed by atoms with Gasteiger partial charge < -0.3 is 5.48 Å². The van der Waals surface area contributed by atoms with E-state index in [0.29, 0.717) is 5.40 Å². The highest BCUT2D eigenvalue weighted by Crippen LogP contribution is 1.68. The van der Waals surface area contributed by atoms with Crippen molar-refractivity contribution in [2.24, 2.45) is 0 Å². The molecule has 0 atom stereocenters. The summed E-state index contributed by atoms with van der Waals surface area (Å²) in [4.78, 5) is 0. The van der Waals surface area contributed by atoms with Crippen LogP contribution in [-0.4, -0.2) is 35.8 Å². The Balaban J connectivity index is -0.000000125. The maximum atomic E-state index is 9.19. The van der Waals surface area contributed by atoms with Gasteiger partial charge in [-0.25, -0.2) is 0 Å². The molecule has 0 bridgehead atoms. The average Bonchev–Trinajstić information content (AvgIpc) is 1.35. The first-order valence-corrected chi connectivity index (χ1v) is 2.38. The normalized spacial score (nSPS) is 7.50. The van der Waals surface area contributed by atoms with E-state index in [0.717, 1.165) is 0 Å². The molecular formula is CH6AlNO4S. The largest absolute Gasteiger partial charge is 0.412 e. The second kappa shape index (κ2) is 5.04. The third kappa shape index (κ3) is 16.9. The van der Waals surface area contributed by atoms with E-state index in [1.165, 1.54) is 0 Å². The van der Waals surface area contributed by atoms with E-state index in [2.05, 4.69) is 0 Å². The zero-order valence-corrected chi connectivity index (χ0v) is 3.94. The third-order valence-electron chi connectivity index (χ3n) is 0.115. The number of nitriles is 1. The first-order valence-electron chi connectivity index (χ1n) is 0.944. The van der Waals surface area contributed by atoms with Gasteiger partial charge in [0.1, 0.15) is 0 Å². The van der Waals surface area contributed by atoms with Crippen molar-refractivity contribution in [3.8, 4) is 5.40 Å². The van der Waals surface area contributed by atoms with Crippen molar-refractivity contribution in [3.63, 3.8) is 0 Å². The molecule has 0 saturated heterocycles. The van der Waals surface area contributed by atoms with Gasteiger partial charge in [0.05, 0.1) is 0 Å². The number of nitrogens with zero attached hydrogens (tertiary/aromatic N) is 1. The lowest BCUT2D eigenvalue weighted by Crippen LogP contribution is -1.87. The predicted molar refractivity (Wildman–Crippen MR) is 30.7 cm³/mol. The summed E-state index contributed by atoms with van der Waals surface area (Å²) < 4.78 is 25.8. The Hall–Kier alpha value is -0.108. The highest BCUT2D eigenvalue weighted by atomic mass is 32.2. The first kappa shape index (κ1) is 15.7. The van der Waals surface area contributed by atoms with Crippen LogP contribution < -0.4 is 0 Å². The number of hydrogen-bond acceptors (Lipinski definition) is 3. The van der Waals surface area contributed by atoms with Crippen molar-refractivity contribution >= 4 is 27.5 Å². The molecule has 7 heteroatoms. The van der Waals surface area contributed by atoms with Crippen molar-refractivity contribution in [1.29, 1.82) is 5.26 Å². The SMILES string of the molecule is N#CS(=O)(=O)O.O.[AlH3]. The van der Waals surface area contributed by atoms with Gasteiger partial charge in [-0.05, 0) is 0 Å². The molecule has 0 aromatic carbocycles. The van der Waals surface area contributed by atoms with Crippen molar-refractivity contribution in [3.05, 3.63) is 0 Å². The van der Waals surface area contributed by atoms with Gasteiger partial charge in [-0.1, -0.05) is 0 Å². The van der Waals surface area contributed by atoms with Gasteiger partial charge in [-0.15, -0.1) is 0 Å². The highest BCUT2D eigenvalue weighted by Gasteiger charge is 1.93. The minimum absolute atomic E-state index is 0. The van der Waals surface area contributed by atoms with E-state index in [1.807, 2.05) is 0 Å². The van der Waals surface area contributed by atoms with Gasteiger partial charge in [0.2, 0.25) is 5.40 Å². The van der Waals surface area contributed by atoms with Crippen LogP contribution in [0.3, 0.4) is 0 Å². The topological polar surface area (TPSA) is 110 Å². The van der Waals surface area contributed by atoms with Gasteiger partial charge in [-0.2, -0.15) is 13.7 Å². The number of rotatable bonds is 0. The summed E-state index contributed by atoms with van der Waals surface area (Å²) in [6, 6.07) is 0. The summed E-state index contributed by atoms with van der Waals surface area (Å²) in [6.07, 6.45) is 0. The number of hydrogen-bond donors (Lipinski definition) is 1. The van der Waals surface area contributed by atoms with Crippen molar-refractivity contribution < 1.29 is 18.4 Å². The van der Waals surface area contributed by atoms with E-state index in [-0.39, 0.29) is 22.8 Å². The molecule has 0 aliphatic heterocycles. The van der Waals surface area contributed by atoms with Crippen LogP contribution in [0.25, 0.3) is 0 Å². The van der Waals surface area contributed by atoms with Crippen LogP contribution in [0.5, 0.6) is 0 Å². The molecule has 5 nitrogen and oxygen atoms in total. The van der Waals surface area contributed by atoms with Crippen LogP contribution in [-0.2, 0) is 10.1 Å². The van der Waals surface area contributed by atoms with E-state index in [4.69, 9.17) is 9.81 Å². The Kier molecular flexibility index (Phi) is 9.86. The van der Waals surface area contributed by atoms with Crippen LogP contribution in [0.15, 0.2) is 0 Å². The van der Waals surface area contributed by atoms with Gasteiger partial charge in [0, 0.05) is 0 Å². The molecule has 0 aliphatic rings. The molecule has 3 N–H and O–H groups in total. The van der Waals surface area contributed by atoms with E-state index in [1.54, 1.807) is 0 Å². The summed E-state index contributed by atoms with van der Waals surface area (Å²) in [6.45, 7) is 0. The fourth-order valence-electron chi connectivity index (χ4n) is 0. The monoisotopic (exact) mass is 155 g/mol. The molecule has 0 radical (unpaired) electrons. The lowest BCUT2D eigenvalue weighted by molar-refractivity contribution is 0.496. The first-order chi connectivity index (χ1) is 2.56. The molecule has 0 heterocycles. The van der Waals surface area contributed by atoms with Crippen LogP contribution in [0.4, 0.5) is 0 Å². The molecule has 0 unspecified atom stereocenters. The lowest BCUT2D eigenvalue weighted by atomic mass is 11.8. The zero-order valence-electron chi connectivity index (χ0n) is 3.12. The molecule has 0 fully saturated rings. The van der Waals surface area contributed by atoms with Crippen molar-refractivity contribution in [1.82, 2.24) is 0 Å². The molecular weight excluding hydrogens is 149 g/mol. The average molecular weight is 155 g/mol. The molecule has 48 valence electrons. The summed E-state index contributed by atoms with van der Waals surface area (Å²) in [5, 5.41) is 7.95. The predicted octanol–water partition coefficient (Wildman–Crippen LogP) is -2.65. The molecule has 0 amide bonds. The Morgan fingerprint density at radius 2 is 1.62 bits per heavy atom. The van der Waals surface area contributed by atoms with Crippen LogP contribution >= 0.6 is 0 Å². The van der Waals surface area contributed by atoms with Crippen LogP contribution in [0.2, 0.25) is 0 Å². The minimum Gasteiger partial charge on any atom is -0.412 e. The fraction of sp³-hybridized carbons (Fsp3) is 0. The van der Waals surface area contributed by atoms with Gasteiger partial charge in [0.25, 0.3) is 0 Å². The molecule has 0 aromatic heterocycles. The smallest absolute Gasteiger partial charge is 0.360 e. The van der Waals surface area contributed by atoms with Crippen LogP contribution in [0, 0.1) is 10.7 Å². The summed E-state index contributed by atoms with van der Waals surface area (Å²) in [5.74, 6) is 0. The minimum atomic E-state index is -4.36. The third-order valence-corrected chi connectivity index (χ3v) is 0.346. The van der Waals surface area contributed by atoms with E-state index < -0.39 is 10.1 Å². The molecule has 0 spiro atoms. The Bertz CT molecular complexity index is 165. The number of thiocyanates is 1. The standard InChI is InChI=1S/CHNO3S.Al.H2O.3H/c2-1-6(3,4)5;;;;;/h(H,3,4,5);;1H2;;;. The van der Waals surface area contributed by atoms with Crippen LogP contribution in [0.1, 0.15) is 0 Å². The Morgan fingerprint density at radius 1 is 1.50 bits per heavy atom. The maximum absolute atomic E-state index is 9.19. The second-order valence-electron chi connectivity index (χ2n) is 0.566. The summed E-state index contributed by atoms with van der Waals surface area (Å²) in [7, 11) is -4.36. The maximum Gasteiger partial charge on any atom is 0.360 e. The lowest BCUT2D eigenvalue weighted by Gasteiger charge is -1.65. The van der Waals surface area contributed by atoms with Crippen molar-refractivity contribution in [2.75, 3.05) is 0 Å². The summed E-state index contributed by atoms with van der Waals surface area (Å²) in [5.41, 5.74) is 0. The second-order valence-corrected chi connectivity index (χ2v) is 1.70. The van der Waals surface area contributed by atoms with E-state index in [9.17, 15) is 8.42 Å². The summed E-state index contributed by atoms with van der Waals surface area (Å²) >= 11 is 0. The molecule has 0 rings (SSSR count). The molecule has 0 saturated carbocycles. The van der Waals surface area contributed by atoms with E-state index >= 15 is 0 Å². The van der Waals surface area contributed by atoms with Gasteiger partial charge >= 0.3 is 10.1 Å². The fourth-order valence-corrected chi connectivity index (χ4v) is 0. The van der Waals surface area contributed by atoms with Crippen molar-refractivity contribution in [2.45, 2.75) is 0 Å². The van der Waals surface area contributed by atoms with Gasteiger partial charge in [0.15, 0.2) is 17.4 Å². The molecule has 0 aliphatic carbocycles. The highest BCUT2D eigenvalue weighted by molar-refractivity contribution is 7.90. The molecule has 8 heavy (non-hydrogen) atoms. The zero-order chi connectivity index (χ0) is 5.21. The Morgan fingerprint density at radius 3 is 1.62 bits per heavy atom. The quantitative estimate of drug-likeness (QED) is 0.178.